The molecule has 4 nitrogen and oxygen atoms in total. The van der Waals surface area contributed by atoms with E-state index in [4.69, 9.17) is 0 Å². The second-order valence-electron chi connectivity index (χ2n) is 15.4. The summed E-state index contributed by atoms with van der Waals surface area (Å²) < 4.78 is 0. The summed E-state index contributed by atoms with van der Waals surface area (Å²) in [5, 5.41) is 22.6. The number of amides is 1. The summed E-state index contributed by atoms with van der Waals surface area (Å²) in [6.07, 6.45) is 60.0. The van der Waals surface area contributed by atoms with Crippen molar-refractivity contribution in [1.82, 2.24) is 5.32 Å². The molecule has 0 aliphatic heterocycles. The maximum atomic E-state index is 12.2. The predicted molar refractivity (Wildman–Crippen MR) is 230 cm³/mol. The van der Waals surface area contributed by atoms with Gasteiger partial charge in [0.05, 0.1) is 18.8 Å². The normalized spacial score (nSPS) is 13.4. The van der Waals surface area contributed by atoms with Crippen molar-refractivity contribution in [3.05, 3.63) is 48.6 Å². The second kappa shape index (κ2) is 43.8. The lowest BCUT2D eigenvalue weighted by Crippen LogP contribution is -2.45. The molecule has 0 fully saturated rings. The number of unbranched alkanes of at least 4 members (excludes halogenated alkanes) is 26. The Morgan fingerprint density at radius 3 is 1.23 bits per heavy atom. The van der Waals surface area contributed by atoms with Crippen LogP contribution in [0.4, 0.5) is 0 Å². The smallest absolute Gasteiger partial charge is 0.220 e. The zero-order chi connectivity index (χ0) is 37.8. The van der Waals surface area contributed by atoms with E-state index in [9.17, 15) is 15.0 Å². The van der Waals surface area contributed by atoms with E-state index in [1.165, 1.54) is 148 Å². The molecule has 0 rings (SSSR count). The van der Waals surface area contributed by atoms with Gasteiger partial charge in [-0.15, -0.1) is 0 Å². The number of nitrogens with one attached hydrogen (secondary N) is 1. The Labute approximate surface area is 324 Å². The summed E-state index contributed by atoms with van der Waals surface area (Å²) in [5.74, 6) is -0.0409. The Hall–Kier alpha value is -1.65. The molecule has 0 radical (unpaired) electrons. The topological polar surface area (TPSA) is 69.6 Å². The molecule has 2 atom stereocenters. The van der Waals surface area contributed by atoms with Gasteiger partial charge in [-0.25, -0.2) is 0 Å². The summed E-state index contributed by atoms with van der Waals surface area (Å²) in [6.45, 7) is 4.10. The molecule has 0 bridgehead atoms. The van der Waals surface area contributed by atoms with E-state index in [0.717, 1.165) is 57.8 Å². The standard InChI is InChI=1S/C48H89NO3/c1-3-5-7-8-9-10-11-12-13-14-15-16-17-18-19-20-21-22-23-24-25-26-27-28-29-30-31-32-33-34-35-36-37-38-39-40-42-44-48(52)49-46(45-50)47(51)43-41-6-4-2/h5,7,9-10,12-13,15-16,46-47,50-51H,3-4,6,8,11,14,17-45H2,1-2H3,(H,49,52)/b7-5-,10-9-,13-12-,16-15-. The number of carbonyl (C=O) groups is 1. The number of allylic oxidation sites excluding steroid dienone is 8. The molecule has 0 spiro atoms. The minimum atomic E-state index is -0.653. The first-order valence-electron chi connectivity index (χ1n) is 22.8. The minimum absolute atomic E-state index is 0.0409. The first-order valence-corrected chi connectivity index (χ1v) is 22.8. The van der Waals surface area contributed by atoms with E-state index in [0.29, 0.717) is 12.8 Å². The minimum Gasteiger partial charge on any atom is -0.394 e. The molecule has 0 saturated carbocycles. The number of aliphatic hydroxyl groups is 2. The monoisotopic (exact) mass is 728 g/mol. The fourth-order valence-electron chi connectivity index (χ4n) is 6.88. The van der Waals surface area contributed by atoms with Gasteiger partial charge >= 0.3 is 0 Å². The van der Waals surface area contributed by atoms with E-state index in [-0.39, 0.29) is 12.5 Å². The Kier molecular flexibility index (Phi) is 42.4. The number of rotatable bonds is 41. The quantitative estimate of drug-likeness (QED) is 0.0434. The highest BCUT2D eigenvalue weighted by Gasteiger charge is 2.19. The van der Waals surface area contributed by atoms with Crippen LogP contribution >= 0.6 is 0 Å². The second-order valence-corrected chi connectivity index (χ2v) is 15.4. The first-order chi connectivity index (χ1) is 25.7. The highest BCUT2D eigenvalue weighted by atomic mass is 16.3. The van der Waals surface area contributed by atoms with Gasteiger partial charge in [0.25, 0.3) is 0 Å². The van der Waals surface area contributed by atoms with Crippen LogP contribution < -0.4 is 5.32 Å². The number of hydrogen-bond donors (Lipinski definition) is 3. The van der Waals surface area contributed by atoms with Crippen LogP contribution in [0.2, 0.25) is 0 Å². The summed E-state index contributed by atoms with van der Waals surface area (Å²) in [5.41, 5.74) is 0. The van der Waals surface area contributed by atoms with Gasteiger partial charge in [0.15, 0.2) is 0 Å². The molecule has 1 amide bonds. The average molecular weight is 728 g/mol. The van der Waals surface area contributed by atoms with Crippen LogP contribution in [0.5, 0.6) is 0 Å². The van der Waals surface area contributed by atoms with Crippen molar-refractivity contribution >= 4 is 5.91 Å². The van der Waals surface area contributed by atoms with Gasteiger partial charge in [-0.2, -0.15) is 0 Å². The molecular formula is C48H89NO3. The van der Waals surface area contributed by atoms with Crippen LogP contribution in [-0.2, 0) is 4.79 Å². The SMILES string of the molecule is CC/C=C\C/C=C\C/C=C\C/C=C\CCCCCCCCCCCCCCCCCCCCCCCCCCC(=O)NC(CO)C(O)CCCCC. The zero-order valence-electron chi connectivity index (χ0n) is 34.8. The number of hydrogen-bond acceptors (Lipinski definition) is 3. The van der Waals surface area contributed by atoms with Crippen molar-refractivity contribution in [2.75, 3.05) is 6.61 Å². The third kappa shape index (κ3) is 39.6. The van der Waals surface area contributed by atoms with Crippen molar-refractivity contribution in [3.8, 4) is 0 Å². The molecule has 0 aromatic carbocycles. The van der Waals surface area contributed by atoms with Gasteiger partial charge in [0, 0.05) is 6.42 Å². The maximum absolute atomic E-state index is 12.2. The Morgan fingerprint density at radius 2 is 0.846 bits per heavy atom. The maximum Gasteiger partial charge on any atom is 0.220 e. The number of carbonyl (C=O) groups excluding carboxylic acids is 1. The first kappa shape index (κ1) is 50.4. The van der Waals surface area contributed by atoms with Crippen molar-refractivity contribution in [1.29, 1.82) is 0 Å². The molecule has 52 heavy (non-hydrogen) atoms. The van der Waals surface area contributed by atoms with Crippen LogP contribution in [0.15, 0.2) is 48.6 Å². The molecule has 0 aliphatic carbocycles. The Bertz CT molecular complexity index is 831. The lowest BCUT2D eigenvalue weighted by Gasteiger charge is -2.22. The molecule has 4 heteroatoms. The Morgan fingerprint density at radius 1 is 0.481 bits per heavy atom. The highest BCUT2D eigenvalue weighted by Crippen LogP contribution is 2.16. The molecule has 3 N–H and O–H groups in total. The third-order valence-electron chi connectivity index (χ3n) is 10.4. The third-order valence-corrected chi connectivity index (χ3v) is 10.4. The average Bonchev–Trinajstić information content (AvgIpc) is 3.15. The molecule has 0 aliphatic rings. The van der Waals surface area contributed by atoms with Gasteiger partial charge in [-0.05, 0) is 51.4 Å². The van der Waals surface area contributed by atoms with Gasteiger partial charge in [-0.3, -0.25) is 4.79 Å². The molecule has 2 unspecified atom stereocenters. The summed E-state index contributed by atoms with van der Waals surface area (Å²) in [7, 11) is 0. The van der Waals surface area contributed by atoms with Crippen LogP contribution in [-0.4, -0.2) is 34.9 Å². The molecule has 304 valence electrons. The predicted octanol–water partition coefficient (Wildman–Crippen LogP) is 14.4. The van der Waals surface area contributed by atoms with E-state index in [2.05, 4.69) is 67.8 Å². The van der Waals surface area contributed by atoms with E-state index in [1.807, 2.05) is 0 Å². The molecular weight excluding hydrogens is 639 g/mol. The van der Waals surface area contributed by atoms with Gasteiger partial charge in [-0.1, -0.05) is 223 Å². The zero-order valence-corrected chi connectivity index (χ0v) is 34.8. The van der Waals surface area contributed by atoms with Crippen LogP contribution in [0.1, 0.15) is 232 Å². The lowest BCUT2D eigenvalue weighted by atomic mass is 10.0. The van der Waals surface area contributed by atoms with Gasteiger partial charge < -0.3 is 15.5 Å². The van der Waals surface area contributed by atoms with Gasteiger partial charge in [0.2, 0.25) is 5.91 Å². The van der Waals surface area contributed by atoms with Crippen molar-refractivity contribution in [2.24, 2.45) is 0 Å². The van der Waals surface area contributed by atoms with E-state index < -0.39 is 12.1 Å². The molecule has 0 heterocycles. The highest BCUT2D eigenvalue weighted by molar-refractivity contribution is 5.76. The summed E-state index contributed by atoms with van der Waals surface area (Å²) in [6, 6.07) is -0.529. The largest absolute Gasteiger partial charge is 0.394 e. The van der Waals surface area contributed by atoms with Crippen molar-refractivity contribution in [3.63, 3.8) is 0 Å². The summed E-state index contributed by atoms with van der Waals surface area (Å²) >= 11 is 0. The van der Waals surface area contributed by atoms with Crippen LogP contribution in [0.25, 0.3) is 0 Å². The lowest BCUT2D eigenvalue weighted by molar-refractivity contribution is -0.123. The van der Waals surface area contributed by atoms with Crippen molar-refractivity contribution < 1.29 is 15.0 Å². The fraction of sp³-hybridized carbons (Fsp3) is 0.812. The molecule has 0 aromatic rings. The van der Waals surface area contributed by atoms with Crippen LogP contribution in [0, 0.1) is 0 Å². The summed E-state index contributed by atoms with van der Waals surface area (Å²) in [4.78, 5) is 12.2. The fourth-order valence-corrected chi connectivity index (χ4v) is 6.88. The van der Waals surface area contributed by atoms with Crippen molar-refractivity contribution in [2.45, 2.75) is 244 Å². The van der Waals surface area contributed by atoms with E-state index in [1.54, 1.807) is 0 Å². The molecule has 0 saturated heterocycles. The van der Waals surface area contributed by atoms with Crippen LogP contribution in [0.3, 0.4) is 0 Å². The van der Waals surface area contributed by atoms with E-state index >= 15 is 0 Å². The molecule has 0 aromatic heterocycles. The Balaban J connectivity index is 3.29. The number of aliphatic hydroxyl groups excluding tert-OH is 2. The van der Waals surface area contributed by atoms with Gasteiger partial charge in [0.1, 0.15) is 0 Å².